The van der Waals surface area contributed by atoms with Gasteiger partial charge in [-0.15, -0.1) is 0 Å². The predicted molar refractivity (Wildman–Crippen MR) is 178 cm³/mol. The van der Waals surface area contributed by atoms with E-state index in [0.29, 0.717) is 28.9 Å². The zero-order chi connectivity index (χ0) is 32.0. The number of pyridine rings is 1. The molecule has 1 aromatic carbocycles. The van der Waals surface area contributed by atoms with Gasteiger partial charge < -0.3 is 30.9 Å². The molecule has 1 atom stereocenters. The van der Waals surface area contributed by atoms with Crippen molar-refractivity contribution in [1.29, 1.82) is 0 Å². The minimum Gasteiger partial charge on any atom is -0.458 e. The van der Waals surface area contributed by atoms with Crippen LogP contribution in [0.1, 0.15) is 69.7 Å². The summed E-state index contributed by atoms with van der Waals surface area (Å²) in [6, 6.07) is 9.67. The molecule has 45 heavy (non-hydrogen) atoms. The molecule has 2 amide bonds. The Morgan fingerprint density at radius 3 is 2.69 bits per heavy atom. The van der Waals surface area contributed by atoms with Crippen LogP contribution in [0.2, 0.25) is 5.02 Å². The standard InChI is InChI=1S/C33H43ClN8O3/c1-5-25-29(36-19-27(31(43)45-33(2,3)4)41-32(44)39-24-10-6-9-23(34)18-24)37-20-38-30(25)42-16-13-21(14-17-42)26-12-11-22-8-7-15-35-28(22)40-26/h6,9-12,18,20-21,27H,5,7-8,13-17,19H2,1-4H3,(H,35,40)(H,36,37,38)(H2,39,41,44)/t27-/m0/s1. The molecule has 3 aromatic rings. The van der Waals surface area contributed by atoms with Crippen LogP contribution in [0.15, 0.2) is 42.7 Å². The first-order chi connectivity index (χ1) is 21.6. The zero-order valence-corrected chi connectivity index (χ0v) is 27.2. The molecule has 4 N–H and O–H groups in total. The van der Waals surface area contributed by atoms with Crippen molar-refractivity contribution in [2.45, 2.75) is 77.4 Å². The third kappa shape index (κ3) is 8.54. The third-order valence-corrected chi connectivity index (χ3v) is 8.19. The minimum atomic E-state index is -0.985. The van der Waals surface area contributed by atoms with Crippen LogP contribution in [-0.4, -0.2) is 64.8 Å². The highest BCUT2D eigenvalue weighted by Gasteiger charge is 2.29. The summed E-state index contributed by atoms with van der Waals surface area (Å²) in [4.78, 5) is 42.4. The van der Waals surface area contributed by atoms with Crippen molar-refractivity contribution in [3.05, 3.63) is 64.6 Å². The fourth-order valence-corrected chi connectivity index (χ4v) is 5.96. The molecule has 12 heteroatoms. The van der Waals surface area contributed by atoms with Crippen molar-refractivity contribution in [1.82, 2.24) is 20.3 Å². The second-order valence-electron chi connectivity index (χ2n) is 12.5. The Kier molecular flexibility index (Phi) is 10.3. The highest BCUT2D eigenvalue weighted by atomic mass is 35.5. The number of nitrogens with one attached hydrogen (secondary N) is 4. The van der Waals surface area contributed by atoms with Crippen LogP contribution in [0.5, 0.6) is 0 Å². The number of urea groups is 1. The van der Waals surface area contributed by atoms with E-state index in [2.05, 4.69) is 55.2 Å². The molecule has 2 aliphatic rings. The Balaban J connectivity index is 1.25. The van der Waals surface area contributed by atoms with Crippen LogP contribution in [0.3, 0.4) is 0 Å². The number of fused-ring (bicyclic) bond motifs is 1. The van der Waals surface area contributed by atoms with Crippen LogP contribution in [0.4, 0.5) is 27.9 Å². The van der Waals surface area contributed by atoms with E-state index >= 15 is 0 Å². The Hall–Kier alpha value is -4.12. The van der Waals surface area contributed by atoms with Gasteiger partial charge >= 0.3 is 12.0 Å². The molecule has 2 aliphatic heterocycles. The predicted octanol–water partition coefficient (Wildman–Crippen LogP) is 5.77. The second kappa shape index (κ2) is 14.3. The van der Waals surface area contributed by atoms with Crippen molar-refractivity contribution in [3.63, 3.8) is 0 Å². The van der Waals surface area contributed by atoms with Gasteiger partial charge in [0, 0.05) is 54.1 Å². The molecule has 0 spiro atoms. The maximum Gasteiger partial charge on any atom is 0.331 e. The molecule has 1 fully saturated rings. The van der Waals surface area contributed by atoms with Gasteiger partial charge in [0.2, 0.25) is 0 Å². The maximum absolute atomic E-state index is 13.1. The number of hydrogen-bond acceptors (Lipinski definition) is 9. The number of esters is 1. The lowest BCUT2D eigenvalue weighted by Crippen LogP contribution is -2.49. The summed E-state index contributed by atoms with van der Waals surface area (Å²) in [5, 5.41) is 12.7. The van der Waals surface area contributed by atoms with E-state index in [9.17, 15) is 9.59 Å². The van der Waals surface area contributed by atoms with Crippen molar-refractivity contribution in [2.24, 2.45) is 0 Å². The summed E-state index contributed by atoms with van der Waals surface area (Å²) in [6.07, 6.45) is 6.43. The number of anilines is 4. The summed E-state index contributed by atoms with van der Waals surface area (Å²) in [6.45, 7) is 10.2. The van der Waals surface area contributed by atoms with Crippen molar-refractivity contribution >= 4 is 46.7 Å². The molecular formula is C33H43ClN8O3. The maximum atomic E-state index is 13.1. The summed E-state index contributed by atoms with van der Waals surface area (Å²) < 4.78 is 5.62. The van der Waals surface area contributed by atoms with Crippen LogP contribution < -0.4 is 26.2 Å². The summed E-state index contributed by atoms with van der Waals surface area (Å²) in [5.41, 5.74) is 3.20. The van der Waals surface area contributed by atoms with Gasteiger partial charge in [0.15, 0.2) is 0 Å². The van der Waals surface area contributed by atoms with Gasteiger partial charge in [0.1, 0.15) is 35.4 Å². The van der Waals surface area contributed by atoms with Gasteiger partial charge in [-0.3, -0.25) is 0 Å². The number of hydrogen-bond donors (Lipinski definition) is 4. The van der Waals surface area contributed by atoms with E-state index in [4.69, 9.17) is 21.3 Å². The molecule has 1 saturated heterocycles. The van der Waals surface area contributed by atoms with Crippen LogP contribution >= 0.6 is 11.6 Å². The number of amides is 2. The first-order valence-corrected chi connectivity index (χ1v) is 16.1. The van der Waals surface area contributed by atoms with E-state index < -0.39 is 23.6 Å². The molecule has 4 heterocycles. The molecule has 0 radical (unpaired) electrons. The van der Waals surface area contributed by atoms with E-state index in [-0.39, 0.29) is 6.54 Å². The van der Waals surface area contributed by atoms with Crippen molar-refractivity contribution in [3.8, 4) is 0 Å². The van der Waals surface area contributed by atoms with Gasteiger partial charge in [-0.2, -0.15) is 0 Å². The van der Waals surface area contributed by atoms with Gasteiger partial charge in [0.25, 0.3) is 0 Å². The number of carbonyl (C=O) groups is 2. The number of benzene rings is 1. The quantitative estimate of drug-likeness (QED) is 0.216. The number of carbonyl (C=O) groups excluding carboxylic acids is 2. The highest BCUT2D eigenvalue weighted by molar-refractivity contribution is 6.30. The summed E-state index contributed by atoms with van der Waals surface area (Å²) >= 11 is 6.05. The first kappa shape index (κ1) is 32.3. The van der Waals surface area contributed by atoms with E-state index in [1.807, 2.05) is 0 Å². The molecular weight excluding hydrogens is 592 g/mol. The van der Waals surface area contributed by atoms with Crippen LogP contribution in [0, 0.1) is 0 Å². The number of piperidine rings is 1. The highest BCUT2D eigenvalue weighted by Crippen LogP contribution is 2.33. The molecule has 240 valence electrons. The average molecular weight is 635 g/mol. The van der Waals surface area contributed by atoms with Crippen LogP contribution in [-0.2, 0) is 22.4 Å². The number of aromatic nitrogens is 3. The average Bonchev–Trinajstić information content (AvgIpc) is 3.01. The smallest absolute Gasteiger partial charge is 0.331 e. The largest absolute Gasteiger partial charge is 0.458 e. The normalized spacial score (nSPS) is 15.8. The van der Waals surface area contributed by atoms with Crippen molar-refractivity contribution < 1.29 is 14.3 Å². The monoisotopic (exact) mass is 634 g/mol. The fourth-order valence-electron chi connectivity index (χ4n) is 5.77. The lowest BCUT2D eigenvalue weighted by molar-refractivity contribution is -0.156. The molecule has 2 aromatic heterocycles. The van der Waals surface area contributed by atoms with Gasteiger partial charge in [-0.25, -0.2) is 24.5 Å². The SMILES string of the molecule is CCc1c(NC[C@H](NC(=O)Nc2cccc(Cl)c2)C(=O)OC(C)(C)C)ncnc1N1CCC(c2ccc3c(n2)NCCC3)CC1. The minimum absolute atomic E-state index is 0.0709. The van der Waals surface area contributed by atoms with Gasteiger partial charge in [0.05, 0.1) is 0 Å². The molecule has 0 bridgehead atoms. The van der Waals surface area contributed by atoms with E-state index in [1.165, 1.54) is 5.56 Å². The molecule has 0 aliphatic carbocycles. The molecule has 11 nitrogen and oxygen atoms in total. The summed E-state index contributed by atoms with van der Waals surface area (Å²) in [7, 11) is 0. The third-order valence-electron chi connectivity index (χ3n) is 7.96. The number of rotatable bonds is 9. The molecule has 0 unspecified atom stereocenters. The fraction of sp³-hybridized carbons (Fsp3) is 0.485. The zero-order valence-electron chi connectivity index (χ0n) is 26.5. The Morgan fingerprint density at radius 2 is 1.96 bits per heavy atom. The lowest BCUT2D eigenvalue weighted by atomic mass is 9.92. The Bertz CT molecular complexity index is 1500. The number of halogens is 1. The number of nitrogens with zero attached hydrogens (tertiary/aromatic N) is 4. The van der Waals surface area contributed by atoms with Crippen molar-refractivity contribution in [2.75, 3.05) is 47.0 Å². The molecule has 0 saturated carbocycles. The second-order valence-corrected chi connectivity index (χ2v) is 12.9. The first-order valence-electron chi connectivity index (χ1n) is 15.7. The Morgan fingerprint density at radius 1 is 1.16 bits per heavy atom. The van der Waals surface area contributed by atoms with Gasteiger partial charge in [-0.1, -0.05) is 30.7 Å². The lowest BCUT2D eigenvalue weighted by Gasteiger charge is -2.34. The topological polar surface area (TPSA) is 133 Å². The molecule has 5 rings (SSSR count). The number of ether oxygens (including phenoxy) is 1. The Labute approximate surface area is 269 Å². The van der Waals surface area contributed by atoms with E-state index in [0.717, 1.165) is 68.2 Å². The van der Waals surface area contributed by atoms with Crippen LogP contribution in [0.25, 0.3) is 0 Å². The number of aryl methyl sites for hydroxylation is 1. The summed E-state index contributed by atoms with van der Waals surface area (Å²) in [5.74, 6) is 2.39. The van der Waals surface area contributed by atoms with Gasteiger partial charge in [-0.05, 0) is 82.7 Å². The van der Waals surface area contributed by atoms with E-state index in [1.54, 1.807) is 51.4 Å².